The molecule has 8 heteroatoms. The van der Waals surface area contributed by atoms with Gasteiger partial charge in [0.1, 0.15) is 5.75 Å². The van der Waals surface area contributed by atoms with Crippen molar-refractivity contribution in [2.24, 2.45) is 0 Å². The van der Waals surface area contributed by atoms with Gasteiger partial charge in [-0.3, -0.25) is 4.79 Å². The molecule has 3 rings (SSSR count). The predicted octanol–water partition coefficient (Wildman–Crippen LogP) is 4.17. The van der Waals surface area contributed by atoms with Gasteiger partial charge < -0.3 is 14.5 Å². The topological polar surface area (TPSA) is 77.2 Å². The summed E-state index contributed by atoms with van der Waals surface area (Å²) in [6.45, 7) is 4.43. The molecule has 2 aromatic heterocycles. The lowest BCUT2D eigenvalue weighted by Crippen LogP contribution is -2.27. The van der Waals surface area contributed by atoms with Crippen molar-refractivity contribution in [1.29, 1.82) is 0 Å². The van der Waals surface area contributed by atoms with Crippen molar-refractivity contribution in [1.82, 2.24) is 15.5 Å². The maximum Gasteiger partial charge on any atom is 0.277 e. The Morgan fingerprint density at radius 3 is 2.92 bits per heavy atom. The molecule has 2 heterocycles. The lowest BCUT2D eigenvalue weighted by molar-refractivity contribution is -0.119. The summed E-state index contributed by atoms with van der Waals surface area (Å²) in [6, 6.07) is 11.4. The van der Waals surface area contributed by atoms with Crippen LogP contribution in [0.4, 0.5) is 0 Å². The van der Waals surface area contributed by atoms with E-state index in [0.29, 0.717) is 23.5 Å². The minimum absolute atomic E-state index is 0.0144. The third kappa shape index (κ3) is 4.64. The van der Waals surface area contributed by atoms with Gasteiger partial charge in [0.05, 0.1) is 24.0 Å². The fraction of sp³-hybridized carbons (Fsp3) is 0.278. The summed E-state index contributed by atoms with van der Waals surface area (Å²) < 4.78 is 11.2. The van der Waals surface area contributed by atoms with Crippen molar-refractivity contribution in [2.45, 2.75) is 25.1 Å². The number of rotatable bonds is 8. The number of amides is 1. The molecule has 3 aromatic rings. The molecule has 1 aromatic carbocycles. The Morgan fingerprint density at radius 1 is 1.31 bits per heavy atom. The molecular formula is C18H19N3O3S2. The molecule has 0 aliphatic rings. The van der Waals surface area contributed by atoms with Crippen molar-refractivity contribution in [3.05, 3.63) is 46.7 Å². The van der Waals surface area contributed by atoms with E-state index in [1.165, 1.54) is 11.8 Å². The maximum absolute atomic E-state index is 12.1. The fourth-order valence-electron chi connectivity index (χ4n) is 2.32. The Labute approximate surface area is 160 Å². The zero-order valence-corrected chi connectivity index (χ0v) is 16.1. The number of nitrogens with zero attached hydrogens (tertiary/aromatic N) is 2. The minimum atomic E-state index is -0.0784. The van der Waals surface area contributed by atoms with E-state index < -0.39 is 0 Å². The van der Waals surface area contributed by atoms with Crippen LogP contribution in [0, 0.1) is 0 Å². The molecule has 0 bridgehead atoms. The van der Waals surface area contributed by atoms with Crippen LogP contribution in [0.3, 0.4) is 0 Å². The van der Waals surface area contributed by atoms with Crippen molar-refractivity contribution in [3.63, 3.8) is 0 Å². The number of hydrogen-bond acceptors (Lipinski definition) is 7. The van der Waals surface area contributed by atoms with E-state index in [1.54, 1.807) is 11.3 Å². The molecule has 0 saturated carbocycles. The average molecular weight is 390 g/mol. The number of hydrogen-bond donors (Lipinski definition) is 1. The summed E-state index contributed by atoms with van der Waals surface area (Å²) in [6.07, 6.45) is 0. The van der Waals surface area contributed by atoms with Crippen molar-refractivity contribution >= 4 is 29.0 Å². The summed E-state index contributed by atoms with van der Waals surface area (Å²) in [5.74, 6) is 1.21. The number of ether oxygens (including phenoxy) is 1. The normalized spacial score (nSPS) is 11.9. The molecule has 0 aliphatic heterocycles. The van der Waals surface area contributed by atoms with Gasteiger partial charge in [-0.25, -0.2) is 0 Å². The van der Waals surface area contributed by atoms with Crippen LogP contribution in [0.15, 0.2) is 51.4 Å². The first kappa shape index (κ1) is 18.5. The number of para-hydroxylation sites is 1. The van der Waals surface area contributed by atoms with Gasteiger partial charge in [0, 0.05) is 4.88 Å². The number of nitrogens with one attached hydrogen (secondary N) is 1. The zero-order chi connectivity index (χ0) is 18.4. The Bertz CT molecular complexity index is 849. The quantitative estimate of drug-likeness (QED) is 0.583. The largest absolute Gasteiger partial charge is 0.493 e. The molecule has 0 fully saturated rings. The molecule has 0 radical (unpaired) electrons. The second-order valence-corrected chi connectivity index (χ2v) is 7.30. The first-order chi connectivity index (χ1) is 12.7. The Morgan fingerprint density at radius 2 is 2.15 bits per heavy atom. The molecule has 136 valence electrons. The van der Waals surface area contributed by atoms with Gasteiger partial charge in [-0.15, -0.1) is 21.5 Å². The van der Waals surface area contributed by atoms with E-state index in [-0.39, 0.29) is 17.7 Å². The smallest absolute Gasteiger partial charge is 0.277 e. The number of benzene rings is 1. The molecule has 1 amide bonds. The number of thiophene rings is 1. The predicted molar refractivity (Wildman–Crippen MR) is 103 cm³/mol. The van der Waals surface area contributed by atoms with Crippen molar-refractivity contribution < 1.29 is 13.9 Å². The van der Waals surface area contributed by atoms with Gasteiger partial charge in [0.25, 0.3) is 11.1 Å². The standard InChI is InChI=1S/C18H19N3O3S2/c1-3-23-14-8-5-4-7-13(14)17-20-21-18(24-17)26-11-16(22)19-12(2)15-9-6-10-25-15/h4-10,12H,3,11H2,1-2H3,(H,19,22). The number of aromatic nitrogens is 2. The zero-order valence-electron chi connectivity index (χ0n) is 14.5. The molecule has 1 unspecified atom stereocenters. The second-order valence-electron chi connectivity index (χ2n) is 5.40. The van der Waals surface area contributed by atoms with E-state index in [0.717, 1.165) is 10.4 Å². The van der Waals surface area contributed by atoms with Gasteiger partial charge in [-0.05, 0) is 37.4 Å². The van der Waals surface area contributed by atoms with Crippen LogP contribution in [0.25, 0.3) is 11.5 Å². The Hall–Kier alpha value is -2.32. The molecule has 26 heavy (non-hydrogen) atoms. The second kappa shape index (κ2) is 8.86. The lowest BCUT2D eigenvalue weighted by atomic mass is 10.2. The van der Waals surface area contributed by atoms with Crippen LogP contribution in [0.2, 0.25) is 0 Å². The molecule has 6 nitrogen and oxygen atoms in total. The SMILES string of the molecule is CCOc1ccccc1-c1nnc(SCC(=O)NC(C)c2cccs2)o1. The molecule has 0 spiro atoms. The Kier molecular flexibility index (Phi) is 6.30. The lowest BCUT2D eigenvalue weighted by Gasteiger charge is -2.11. The summed E-state index contributed by atoms with van der Waals surface area (Å²) in [5, 5.41) is 13.4. The highest BCUT2D eigenvalue weighted by molar-refractivity contribution is 7.99. The van der Waals surface area contributed by atoms with E-state index in [1.807, 2.05) is 55.6 Å². The van der Waals surface area contributed by atoms with E-state index in [9.17, 15) is 4.79 Å². The van der Waals surface area contributed by atoms with Crippen LogP contribution in [-0.4, -0.2) is 28.5 Å². The first-order valence-electron chi connectivity index (χ1n) is 8.18. The summed E-state index contributed by atoms with van der Waals surface area (Å²) in [5.41, 5.74) is 0.740. The summed E-state index contributed by atoms with van der Waals surface area (Å²) in [7, 11) is 0. The first-order valence-corrected chi connectivity index (χ1v) is 10.0. The van der Waals surface area contributed by atoms with Gasteiger partial charge >= 0.3 is 0 Å². The molecule has 0 aliphatic carbocycles. The van der Waals surface area contributed by atoms with Crippen LogP contribution >= 0.6 is 23.1 Å². The molecule has 0 saturated heterocycles. The third-order valence-corrected chi connectivity index (χ3v) is 5.37. The van der Waals surface area contributed by atoms with Crippen LogP contribution < -0.4 is 10.1 Å². The van der Waals surface area contributed by atoms with Crippen LogP contribution in [-0.2, 0) is 4.79 Å². The minimum Gasteiger partial charge on any atom is -0.493 e. The maximum atomic E-state index is 12.1. The monoisotopic (exact) mass is 389 g/mol. The number of carbonyl (C=O) groups excluding carboxylic acids is 1. The fourth-order valence-corrected chi connectivity index (χ4v) is 3.63. The van der Waals surface area contributed by atoms with Crippen molar-refractivity contribution in [2.75, 3.05) is 12.4 Å². The average Bonchev–Trinajstić information content (AvgIpc) is 3.33. The highest BCUT2D eigenvalue weighted by Crippen LogP contribution is 2.30. The van der Waals surface area contributed by atoms with E-state index >= 15 is 0 Å². The van der Waals surface area contributed by atoms with Gasteiger partial charge in [-0.2, -0.15) is 0 Å². The van der Waals surface area contributed by atoms with E-state index in [4.69, 9.17) is 9.15 Å². The highest BCUT2D eigenvalue weighted by atomic mass is 32.2. The van der Waals surface area contributed by atoms with Gasteiger partial charge in [0.2, 0.25) is 5.91 Å². The van der Waals surface area contributed by atoms with E-state index in [2.05, 4.69) is 15.5 Å². The van der Waals surface area contributed by atoms with Crippen LogP contribution in [0.5, 0.6) is 5.75 Å². The van der Waals surface area contributed by atoms with Gasteiger partial charge in [0.15, 0.2) is 0 Å². The number of thioether (sulfide) groups is 1. The van der Waals surface area contributed by atoms with Crippen LogP contribution in [0.1, 0.15) is 24.8 Å². The number of carbonyl (C=O) groups is 1. The molecular weight excluding hydrogens is 370 g/mol. The van der Waals surface area contributed by atoms with Crippen molar-refractivity contribution in [3.8, 4) is 17.2 Å². The third-order valence-electron chi connectivity index (χ3n) is 3.50. The summed E-state index contributed by atoms with van der Waals surface area (Å²) in [4.78, 5) is 13.2. The van der Waals surface area contributed by atoms with Gasteiger partial charge in [-0.1, -0.05) is 30.0 Å². The molecule has 1 N–H and O–H groups in total. The molecule has 1 atom stereocenters. The Balaban J connectivity index is 1.58. The highest BCUT2D eigenvalue weighted by Gasteiger charge is 2.16. The summed E-state index contributed by atoms with van der Waals surface area (Å²) >= 11 is 2.83.